The Kier molecular flexibility index (Phi) is 4.95. The molecule has 3 heteroatoms. The molecule has 0 amide bonds. The molecular weight excluding hydrogens is 571 g/mol. The van der Waals surface area contributed by atoms with Gasteiger partial charge in [-0.25, -0.2) is 0 Å². The number of aromatic nitrogens is 2. The van der Waals surface area contributed by atoms with Crippen LogP contribution < -0.4 is 15.6 Å². The van der Waals surface area contributed by atoms with Gasteiger partial charge in [0.25, 0.3) is 0 Å². The van der Waals surface area contributed by atoms with Crippen molar-refractivity contribution in [3.8, 4) is 16.8 Å². The number of hydrogen-bond donors (Lipinski definition) is 0. The quantitative estimate of drug-likeness (QED) is 0.197. The second-order valence-corrected chi connectivity index (χ2v) is 12.9. The monoisotopic (exact) mass is 599 g/mol. The summed E-state index contributed by atoms with van der Waals surface area (Å²) < 4.78 is 4.98. The largest absolute Gasteiger partial charge is 0.331 e. The molecular formula is C44H29N3. The molecule has 0 aliphatic carbocycles. The summed E-state index contributed by atoms with van der Waals surface area (Å²) in [5.41, 5.74) is 11.4. The van der Waals surface area contributed by atoms with Crippen LogP contribution in [0, 0.1) is 0 Å². The highest BCUT2D eigenvalue weighted by Gasteiger charge is 2.45. The van der Waals surface area contributed by atoms with Gasteiger partial charge in [-0.1, -0.05) is 115 Å². The average Bonchev–Trinajstić information content (AvgIpc) is 3.86. The summed E-state index contributed by atoms with van der Waals surface area (Å²) in [6.07, 6.45) is 6.93. The van der Waals surface area contributed by atoms with Crippen LogP contribution in [0.1, 0.15) is 17.5 Å². The molecule has 3 nitrogen and oxygen atoms in total. The first-order chi connectivity index (χ1) is 23.4. The number of fused-ring (bicyclic) bond motifs is 10. The van der Waals surface area contributed by atoms with Gasteiger partial charge in [-0.2, -0.15) is 0 Å². The lowest BCUT2D eigenvalue weighted by Gasteiger charge is -2.23. The van der Waals surface area contributed by atoms with Crippen LogP contribution in [0.15, 0.2) is 158 Å². The van der Waals surface area contributed by atoms with Crippen molar-refractivity contribution in [1.29, 1.82) is 0 Å². The van der Waals surface area contributed by atoms with Gasteiger partial charge in [0.05, 0.1) is 34.0 Å². The number of hydrogen-bond acceptors (Lipinski definition) is 1. The molecule has 0 bridgehead atoms. The zero-order valence-corrected chi connectivity index (χ0v) is 25.6. The predicted octanol–water partition coefficient (Wildman–Crippen LogP) is 9.35. The number of anilines is 2. The molecule has 3 aliphatic rings. The first-order valence-electron chi connectivity index (χ1n) is 16.5. The highest BCUT2D eigenvalue weighted by molar-refractivity contribution is 6.15. The van der Waals surface area contributed by atoms with Crippen LogP contribution >= 0.6 is 0 Å². The lowest BCUT2D eigenvalue weighted by molar-refractivity contribution is 0.576. The Morgan fingerprint density at radius 3 is 2.13 bits per heavy atom. The van der Waals surface area contributed by atoms with Crippen LogP contribution in [0.2, 0.25) is 0 Å². The fourth-order valence-corrected chi connectivity index (χ4v) is 8.79. The molecule has 2 aromatic heterocycles. The van der Waals surface area contributed by atoms with E-state index in [1.165, 1.54) is 82.7 Å². The second-order valence-electron chi connectivity index (χ2n) is 12.9. The summed E-state index contributed by atoms with van der Waals surface area (Å²) in [5.74, 6) is 0.284. The fourth-order valence-electron chi connectivity index (χ4n) is 8.79. The maximum absolute atomic E-state index is 2.59. The summed E-state index contributed by atoms with van der Waals surface area (Å²) in [6.45, 7) is 0. The average molecular weight is 600 g/mol. The Hall–Kier alpha value is -6.06. The molecule has 6 aromatic carbocycles. The van der Waals surface area contributed by atoms with Gasteiger partial charge in [0.15, 0.2) is 0 Å². The molecule has 2 atom stereocenters. The Morgan fingerprint density at radius 1 is 0.532 bits per heavy atom. The number of allylic oxidation sites excluding steroid dienone is 2. The molecule has 47 heavy (non-hydrogen) atoms. The van der Waals surface area contributed by atoms with E-state index in [4.69, 9.17) is 0 Å². The smallest absolute Gasteiger partial charge is 0.0706 e. The summed E-state index contributed by atoms with van der Waals surface area (Å²) in [4.78, 5) is 2.53. The zero-order valence-electron chi connectivity index (χ0n) is 25.6. The van der Waals surface area contributed by atoms with Crippen molar-refractivity contribution in [2.45, 2.75) is 12.0 Å². The van der Waals surface area contributed by atoms with E-state index >= 15 is 0 Å². The topological polar surface area (TPSA) is 13.1 Å². The number of benzene rings is 6. The van der Waals surface area contributed by atoms with E-state index in [2.05, 4.69) is 178 Å². The minimum absolute atomic E-state index is 0.275. The predicted molar refractivity (Wildman–Crippen MR) is 195 cm³/mol. The standard InChI is InChI=1S/C44H29N3/c1-2-12-29(13-3-1)45-37-19-8-6-16-34(37)41-31(18-10-22-39(41)45)28-24-26-30(27-25-28)46-38-20-9-7-17-35(38)42-40-23-11-21-36-32-14-4-5-15-33(32)43(44(42)46)47(36)40/h1-27,40,42H. The molecule has 0 N–H and O–H groups in total. The Bertz CT molecular complexity index is 2740. The van der Waals surface area contributed by atoms with Gasteiger partial charge < -0.3 is 14.0 Å². The number of nitrogens with zero attached hydrogens (tertiary/aromatic N) is 3. The molecule has 3 aliphatic heterocycles. The van der Waals surface area contributed by atoms with E-state index in [-0.39, 0.29) is 12.0 Å². The first kappa shape index (κ1) is 25.2. The van der Waals surface area contributed by atoms with Crippen LogP contribution in [0.4, 0.5) is 11.4 Å². The SMILES string of the molecule is C1=CC2C3C(=c4c5ccccc5c(n42)=C1)N(c1ccc(-c2cccc4c2c2ccccc2n4-c2ccccc2)cc1)c1ccccc13. The molecule has 0 saturated carbocycles. The van der Waals surface area contributed by atoms with E-state index in [9.17, 15) is 0 Å². The molecule has 220 valence electrons. The Labute approximate surface area is 271 Å². The normalized spacial score (nSPS) is 17.4. The molecule has 0 radical (unpaired) electrons. The van der Waals surface area contributed by atoms with Crippen molar-refractivity contribution in [3.63, 3.8) is 0 Å². The van der Waals surface area contributed by atoms with Crippen molar-refractivity contribution >= 4 is 55.7 Å². The maximum Gasteiger partial charge on any atom is 0.0706 e. The van der Waals surface area contributed by atoms with Crippen LogP contribution in [-0.4, -0.2) is 9.13 Å². The minimum atomic E-state index is 0.275. The van der Waals surface area contributed by atoms with Gasteiger partial charge in [-0.3, -0.25) is 0 Å². The molecule has 11 rings (SSSR count). The van der Waals surface area contributed by atoms with Crippen LogP contribution in [0.25, 0.3) is 61.2 Å². The second kappa shape index (κ2) is 9.24. The van der Waals surface area contributed by atoms with Crippen LogP contribution in [0.5, 0.6) is 0 Å². The molecule has 2 unspecified atom stereocenters. The highest BCUT2D eigenvalue weighted by Crippen LogP contribution is 2.55. The molecule has 8 aromatic rings. The van der Waals surface area contributed by atoms with Gasteiger partial charge in [-0.15, -0.1) is 0 Å². The summed E-state index contributed by atoms with van der Waals surface area (Å²) >= 11 is 0. The van der Waals surface area contributed by atoms with Crippen molar-refractivity contribution in [1.82, 2.24) is 9.13 Å². The lowest BCUT2D eigenvalue weighted by atomic mass is 9.91. The third-order valence-electron chi connectivity index (χ3n) is 10.6. The molecule has 0 fully saturated rings. The fraction of sp³-hybridized carbons (Fsp3) is 0.0455. The van der Waals surface area contributed by atoms with Crippen LogP contribution in [0.3, 0.4) is 0 Å². The molecule has 5 heterocycles. The summed E-state index contributed by atoms with van der Waals surface area (Å²) in [6, 6.07) is 53.7. The van der Waals surface area contributed by atoms with E-state index in [1.54, 1.807) is 0 Å². The van der Waals surface area contributed by atoms with Gasteiger partial charge in [0.2, 0.25) is 0 Å². The number of rotatable bonds is 3. The Balaban J connectivity index is 1.12. The third kappa shape index (κ3) is 3.25. The van der Waals surface area contributed by atoms with Crippen molar-refractivity contribution in [2.75, 3.05) is 4.90 Å². The minimum Gasteiger partial charge on any atom is -0.331 e. The van der Waals surface area contributed by atoms with Crippen molar-refractivity contribution < 1.29 is 0 Å². The first-order valence-corrected chi connectivity index (χ1v) is 16.5. The number of para-hydroxylation sites is 3. The third-order valence-corrected chi connectivity index (χ3v) is 10.6. The zero-order chi connectivity index (χ0) is 30.6. The molecule has 0 saturated heterocycles. The van der Waals surface area contributed by atoms with E-state index < -0.39 is 0 Å². The van der Waals surface area contributed by atoms with Gasteiger partial charge in [0, 0.05) is 44.0 Å². The summed E-state index contributed by atoms with van der Waals surface area (Å²) in [7, 11) is 0. The van der Waals surface area contributed by atoms with Crippen molar-refractivity contribution in [2.24, 2.45) is 0 Å². The lowest BCUT2D eigenvalue weighted by Crippen LogP contribution is -2.29. The Morgan fingerprint density at radius 2 is 1.26 bits per heavy atom. The van der Waals surface area contributed by atoms with Crippen molar-refractivity contribution in [3.05, 3.63) is 174 Å². The van der Waals surface area contributed by atoms with Gasteiger partial charge in [0.1, 0.15) is 0 Å². The van der Waals surface area contributed by atoms with E-state index in [0.29, 0.717) is 0 Å². The van der Waals surface area contributed by atoms with Gasteiger partial charge in [-0.05, 0) is 65.2 Å². The maximum atomic E-state index is 2.59. The molecule has 0 spiro atoms. The van der Waals surface area contributed by atoms with E-state index in [0.717, 1.165) is 0 Å². The van der Waals surface area contributed by atoms with Gasteiger partial charge >= 0.3 is 0 Å². The highest BCUT2D eigenvalue weighted by atomic mass is 15.2. The van der Waals surface area contributed by atoms with E-state index in [1.807, 2.05) is 0 Å². The summed E-state index contributed by atoms with van der Waals surface area (Å²) in [5, 5.41) is 7.90. The van der Waals surface area contributed by atoms with Crippen LogP contribution in [-0.2, 0) is 0 Å².